The predicted molar refractivity (Wildman–Crippen MR) is 108 cm³/mol. The third kappa shape index (κ3) is 4.48. The lowest BCUT2D eigenvalue weighted by atomic mass is 10.1. The van der Waals surface area contributed by atoms with E-state index < -0.39 is 0 Å². The average Bonchev–Trinajstić information content (AvgIpc) is 3.14. The van der Waals surface area contributed by atoms with Gasteiger partial charge >= 0.3 is 0 Å². The van der Waals surface area contributed by atoms with Crippen molar-refractivity contribution in [1.29, 1.82) is 0 Å². The van der Waals surface area contributed by atoms with Gasteiger partial charge in [-0.1, -0.05) is 0 Å². The number of nitrogens with zero attached hydrogens (tertiary/aromatic N) is 3. The highest BCUT2D eigenvalue weighted by Gasteiger charge is 2.31. The van der Waals surface area contributed by atoms with E-state index in [4.69, 9.17) is 9.47 Å². The number of rotatable bonds is 4. The molecule has 152 valence electrons. The van der Waals surface area contributed by atoms with E-state index in [1.54, 1.807) is 6.20 Å². The van der Waals surface area contributed by atoms with Crippen molar-refractivity contribution in [3.8, 4) is 5.75 Å². The van der Waals surface area contributed by atoms with Crippen molar-refractivity contribution in [2.45, 2.75) is 25.0 Å². The number of benzene rings is 1. The van der Waals surface area contributed by atoms with Gasteiger partial charge in [0.25, 0.3) is 5.91 Å². The Hall–Kier alpha value is -2.09. The summed E-state index contributed by atoms with van der Waals surface area (Å²) in [5.41, 5.74) is 0.676. The van der Waals surface area contributed by atoms with Crippen LogP contribution in [0.25, 0.3) is 0 Å². The molecule has 0 bridgehead atoms. The highest BCUT2D eigenvalue weighted by molar-refractivity contribution is 5.94. The van der Waals surface area contributed by atoms with Crippen LogP contribution in [0.15, 0.2) is 36.7 Å². The summed E-state index contributed by atoms with van der Waals surface area (Å²) in [6.07, 6.45) is 5.70. The van der Waals surface area contributed by atoms with Crippen molar-refractivity contribution < 1.29 is 14.3 Å². The van der Waals surface area contributed by atoms with Crippen LogP contribution in [0.5, 0.6) is 5.75 Å². The second-order valence-electron chi connectivity index (χ2n) is 7.07. The van der Waals surface area contributed by atoms with Crippen LogP contribution in [0.3, 0.4) is 0 Å². The molecule has 2 aromatic rings. The molecule has 2 fully saturated rings. The minimum absolute atomic E-state index is 0. The molecule has 28 heavy (non-hydrogen) atoms. The summed E-state index contributed by atoms with van der Waals surface area (Å²) in [5.74, 6) is 1.73. The SMILES string of the molecule is Cl.Cn1ccnc1C1CNCCN1C(=O)c1ccc(OC2CCOCC2)cc1. The number of halogens is 1. The Morgan fingerprint density at radius 1 is 1.25 bits per heavy atom. The molecule has 1 atom stereocenters. The van der Waals surface area contributed by atoms with E-state index in [2.05, 4.69) is 10.3 Å². The topological polar surface area (TPSA) is 68.6 Å². The molecule has 1 N–H and O–H groups in total. The minimum atomic E-state index is -0.0654. The predicted octanol–water partition coefficient (Wildman–Crippen LogP) is 2.19. The molecule has 1 unspecified atom stereocenters. The number of carbonyl (C=O) groups excluding carboxylic acids is 1. The molecule has 1 aromatic heterocycles. The summed E-state index contributed by atoms with van der Waals surface area (Å²) in [7, 11) is 1.96. The summed E-state index contributed by atoms with van der Waals surface area (Å²) >= 11 is 0. The zero-order valence-electron chi connectivity index (χ0n) is 16.0. The molecule has 8 heteroatoms. The molecule has 7 nitrogen and oxygen atoms in total. The van der Waals surface area contributed by atoms with Crippen LogP contribution in [0.2, 0.25) is 0 Å². The molecular weight excluding hydrogens is 380 g/mol. The first-order chi connectivity index (χ1) is 13.2. The van der Waals surface area contributed by atoms with Gasteiger partial charge in [-0.25, -0.2) is 4.98 Å². The van der Waals surface area contributed by atoms with E-state index in [0.29, 0.717) is 18.7 Å². The smallest absolute Gasteiger partial charge is 0.254 e. The number of aromatic nitrogens is 2. The highest BCUT2D eigenvalue weighted by atomic mass is 35.5. The van der Waals surface area contributed by atoms with E-state index in [0.717, 1.165) is 44.2 Å². The van der Waals surface area contributed by atoms with E-state index in [1.165, 1.54) is 0 Å². The number of hydrogen-bond donors (Lipinski definition) is 1. The molecule has 1 aromatic carbocycles. The van der Waals surface area contributed by atoms with Crippen molar-refractivity contribution in [3.63, 3.8) is 0 Å². The minimum Gasteiger partial charge on any atom is -0.490 e. The van der Waals surface area contributed by atoms with Crippen LogP contribution in [0.4, 0.5) is 0 Å². The Balaban J connectivity index is 0.00000225. The van der Waals surface area contributed by atoms with Crippen molar-refractivity contribution in [1.82, 2.24) is 19.8 Å². The molecule has 0 spiro atoms. The Morgan fingerprint density at radius 3 is 2.68 bits per heavy atom. The largest absolute Gasteiger partial charge is 0.490 e. The highest BCUT2D eigenvalue weighted by Crippen LogP contribution is 2.24. The number of imidazole rings is 1. The van der Waals surface area contributed by atoms with Crippen LogP contribution in [-0.4, -0.2) is 59.3 Å². The maximum atomic E-state index is 13.1. The molecule has 1 amide bonds. The lowest BCUT2D eigenvalue weighted by Gasteiger charge is -2.35. The van der Waals surface area contributed by atoms with Crippen molar-refractivity contribution in [2.75, 3.05) is 32.8 Å². The zero-order valence-corrected chi connectivity index (χ0v) is 16.9. The Morgan fingerprint density at radius 2 is 2.00 bits per heavy atom. The first-order valence-electron chi connectivity index (χ1n) is 9.56. The van der Waals surface area contributed by atoms with Crippen LogP contribution in [0.1, 0.15) is 35.1 Å². The van der Waals surface area contributed by atoms with Gasteiger partial charge in [0.2, 0.25) is 0 Å². The van der Waals surface area contributed by atoms with Crippen molar-refractivity contribution in [3.05, 3.63) is 48.0 Å². The van der Waals surface area contributed by atoms with Gasteiger partial charge in [0.15, 0.2) is 0 Å². The Bertz CT molecular complexity index is 774. The summed E-state index contributed by atoms with van der Waals surface area (Å²) < 4.78 is 13.3. The van der Waals surface area contributed by atoms with Gasteiger partial charge in [0.1, 0.15) is 23.7 Å². The van der Waals surface area contributed by atoms with Crippen LogP contribution < -0.4 is 10.1 Å². The van der Waals surface area contributed by atoms with Crippen molar-refractivity contribution in [2.24, 2.45) is 7.05 Å². The Labute approximate surface area is 171 Å². The monoisotopic (exact) mass is 406 g/mol. The third-order valence-corrected chi connectivity index (χ3v) is 5.23. The van der Waals surface area contributed by atoms with Crippen LogP contribution >= 0.6 is 12.4 Å². The van der Waals surface area contributed by atoms with Crippen LogP contribution in [0, 0.1) is 0 Å². The number of ether oxygens (including phenoxy) is 2. The van der Waals surface area contributed by atoms with Gasteiger partial charge in [-0.15, -0.1) is 12.4 Å². The summed E-state index contributed by atoms with van der Waals surface area (Å²) in [6, 6.07) is 7.43. The molecule has 2 saturated heterocycles. The molecule has 0 aliphatic carbocycles. The second-order valence-corrected chi connectivity index (χ2v) is 7.07. The van der Waals surface area contributed by atoms with Crippen molar-refractivity contribution >= 4 is 18.3 Å². The fourth-order valence-corrected chi connectivity index (χ4v) is 3.70. The van der Waals surface area contributed by atoms with Gasteiger partial charge < -0.3 is 24.3 Å². The molecule has 0 radical (unpaired) electrons. The summed E-state index contributed by atoms with van der Waals surface area (Å²) in [4.78, 5) is 19.5. The summed E-state index contributed by atoms with van der Waals surface area (Å²) in [5, 5.41) is 3.36. The number of hydrogen-bond acceptors (Lipinski definition) is 5. The second kappa shape index (κ2) is 9.41. The quantitative estimate of drug-likeness (QED) is 0.842. The van der Waals surface area contributed by atoms with Gasteiger partial charge in [-0.3, -0.25) is 4.79 Å². The third-order valence-electron chi connectivity index (χ3n) is 5.23. The standard InChI is InChI=1S/C20H26N4O3.ClH/c1-23-10-9-22-19(23)18-14-21-8-11-24(18)20(25)15-2-4-16(5-3-15)27-17-6-12-26-13-7-17;/h2-5,9-10,17-18,21H,6-8,11-14H2,1H3;1H. The molecular formula is C20H27ClN4O3. The summed E-state index contributed by atoms with van der Waals surface area (Å²) in [6.45, 7) is 3.66. The lowest BCUT2D eigenvalue weighted by molar-refractivity contribution is 0.0255. The molecule has 4 rings (SSSR count). The van der Waals surface area contributed by atoms with Gasteiger partial charge in [-0.2, -0.15) is 0 Å². The van der Waals surface area contributed by atoms with E-state index in [-0.39, 0.29) is 30.5 Å². The van der Waals surface area contributed by atoms with Crippen LogP contribution in [-0.2, 0) is 11.8 Å². The fraction of sp³-hybridized carbons (Fsp3) is 0.500. The molecule has 2 aliphatic heterocycles. The maximum Gasteiger partial charge on any atom is 0.254 e. The maximum absolute atomic E-state index is 13.1. The number of nitrogens with one attached hydrogen (secondary N) is 1. The van der Waals surface area contributed by atoms with E-state index in [9.17, 15) is 4.79 Å². The van der Waals surface area contributed by atoms with E-state index in [1.807, 2.05) is 47.0 Å². The molecule has 2 aliphatic rings. The fourth-order valence-electron chi connectivity index (χ4n) is 3.70. The van der Waals surface area contributed by atoms with E-state index >= 15 is 0 Å². The lowest BCUT2D eigenvalue weighted by Crippen LogP contribution is -2.49. The van der Waals surface area contributed by atoms with Gasteiger partial charge in [0, 0.05) is 57.5 Å². The first kappa shape index (κ1) is 20.6. The number of aryl methyl sites for hydroxylation is 1. The Kier molecular flexibility index (Phi) is 6.93. The normalized spacial score (nSPS) is 20.5. The van der Waals surface area contributed by atoms with Gasteiger partial charge in [0.05, 0.1) is 13.2 Å². The first-order valence-corrected chi connectivity index (χ1v) is 9.56. The number of carbonyl (C=O) groups is 1. The zero-order chi connectivity index (χ0) is 18.6. The average molecular weight is 407 g/mol. The van der Waals surface area contributed by atoms with Gasteiger partial charge in [-0.05, 0) is 24.3 Å². The number of amides is 1. The molecule has 3 heterocycles. The number of piperazine rings is 1. The molecule has 0 saturated carbocycles.